The molecular weight excluding hydrogens is 246 g/mol. The number of rotatable bonds is 7. The fraction of sp³-hybridized carbons (Fsp3) is 0.769. The molecule has 1 heterocycles. The Kier molecular flexibility index (Phi) is 7.08. The van der Waals surface area contributed by atoms with Gasteiger partial charge in [0, 0.05) is 52.6 Å². The minimum Gasteiger partial charge on any atom is -0.383 e. The second kappa shape index (κ2) is 8.62. The van der Waals surface area contributed by atoms with Gasteiger partial charge in [0.15, 0.2) is 0 Å². The van der Waals surface area contributed by atoms with E-state index < -0.39 is 0 Å². The number of amides is 1. The Hall–Kier alpha value is -1.45. The van der Waals surface area contributed by atoms with E-state index in [1.807, 2.05) is 4.90 Å². The number of carbonyl (C=O) groups is 2. The van der Waals surface area contributed by atoms with Crippen molar-refractivity contribution in [3.05, 3.63) is 0 Å². The van der Waals surface area contributed by atoms with Gasteiger partial charge in [-0.05, 0) is 0 Å². The van der Waals surface area contributed by atoms with Crippen LogP contribution in [0.5, 0.6) is 0 Å². The van der Waals surface area contributed by atoms with Crippen LogP contribution in [0.3, 0.4) is 0 Å². The summed E-state index contributed by atoms with van der Waals surface area (Å²) in [6.07, 6.45) is 1.32. The van der Waals surface area contributed by atoms with Crippen molar-refractivity contribution in [2.75, 3.05) is 46.4 Å². The molecule has 0 aliphatic carbocycles. The van der Waals surface area contributed by atoms with Crippen molar-refractivity contribution in [3.63, 3.8) is 0 Å². The molecule has 0 atom stereocenters. The number of hydrogen-bond acceptors (Lipinski definition) is 5. The monoisotopic (exact) mass is 267 g/mol. The lowest BCUT2D eigenvalue weighted by atomic mass is 10.1. The predicted molar refractivity (Wildman–Crippen MR) is 69.4 cm³/mol. The summed E-state index contributed by atoms with van der Waals surface area (Å²) >= 11 is 0. The van der Waals surface area contributed by atoms with Crippen LogP contribution in [0, 0.1) is 11.3 Å². The van der Waals surface area contributed by atoms with Crippen molar-refractivity contribution in [2.45, 2.75) is 19.3 Å². The zero-order valence-corrected chi connectivity index (χ0v) is 11.4. The van der Waals surface area contributed by atoms with Crippen LogP contribution in [0.2, 0.25) is 0 Å². The van der Waals surface area contributed by atoms with Crippen molar-refractivity contribution in [1.82, 2.24) is 9.80 Å². The van der Waals surface area contributed by atoms with E-state index in [2.05, 4.69) is 6.07 Å². The van der Waals surface area contributed by atoms with Crippen LogP contribution >= 0.6 is 0 Å². The van der Waals surface area contributed by atoms with Gasteiger partial charge >= 0.3 is 0 Å². The van der Waals surface area contributed by atoms with Gasteiger partial charge in [0.2, 0.25) is 5.91 Å². The van der Waals surface area contributed by atoms with E-state index in [9.17, 15) is 9.59 Å². The molecule has 0 bridgehead atoms. The standard InChI is InChI=1S/C13H21N3O3/c1-19-10-9-15(6-2-5-14)11-13(18)16-7-3-12(17)4-8-16/h2-4,6-11H2,1H3. The summed E-state index contributed by atoms with van der Waals surface area (Å²) in [5.74, 6) is 0.256. The van der Waals surface area contributed by atoms with E-state index in [1.54, 1.807) is 12.0 Å². The first kappa shape index (κ1) is 15.6. The molecular formula is C13H21N3O3. The fourth-order valence-corrected chi connectivity index (χ4v) is 2.00. The first-order chi connectivity index (χ1) is 9.17. The normalized spacial score (nSPS) is 15.6. The molecule has 0 radical (unpaired) electrons. The van der Waals surface area contributed by atoms with Gasteiger partial charge in [-0.15, -0.1) is 0 Å². The summed E-state index contributed by atoms with van der Waals surface area (Å²) in [5, 5.41) is 8.61. The average Bonchev–Trinajstić information content (AvgIpc) is 2.42. The molecule has 1 fully saturated rings. The third kappa shape index (κ3) is 5.81. The first-order valence-corrected chi connectivity index (χ1v) is 6.55. The minimum absolute atomic E-state index is 0.0292. The molecule has 0 aromatic heterocycles. The molecule has 6 heteroatoms. The second-order valence-electron chi connectivity index (χ2n) is 4.60. The van der Waals surface area contributed by atoms with E-state index in [0.29, 0.717) is 58.6 Å². The smallest absolute Gasteiger partial charge is 0.236 e. The second-order valence-corrected chi connectivity index (χ2v) is 4.60. The molecule has 0 aromatic carbocycles. The number of piperidine rings is 1. The lowest BCUT2D eigenvalue weighted by Crippen LogP contribution is -2.45. The largest absolute Gasteiger partial charge is 0.383 e. The van der Waals surface area contributed by atoms with Crippen molar-refractivity contribution in [1.29, 1.82) is 5.26 Å². The van der Waals surface area contributed by atoms with Gasteiger partial charge in [0.25, 0.3) is 0 Å². The quantitative estimate of drug-likeness (QED) is 0.651. The van der Waals surface area contributed by atoms with Crippen molar-refractivity contribution < 1.29 is 14.3 Å². The van der Waals surface area contributed by atoms with E-state index in [0.717, 1.165) is 0 Å². The number of nitriles is 1. The van der Waals surface area contributed by atoms with Crippen LogP contribution in [-0.2, 0) is 14.3 Å². The van der Waals surface area contributed by atoms with Crippen LogP contribution in [0.4, 0.5) is 0 Å². The molecule has 0 saturated carbocycles. The highest BCUT2D eigenvalue weighted by atomic mass is 16.5. The van der Waals surface area contributed by atoms with Gasteiger partial charge in [0.1, 0.15) is 5.78 Å². The van der Waals surface area contributed by atoms with Crippen LogP contribution in [0.1, 0.15) is 19.3 Å². The SMILES string of the molecule is COCCN(CCC#N)CC(=O)N1CCC(=O)CC1. The first-order valence-electron chi connectivity index (χ1n) is 6.55. The molecule has 1 aliphatic rings. The van der Waals surface area contributed by atoms with E-state index in [1.165, 1.54) is 0 Å². The van der Waals surface area contributed by atoms with Crippen LogP contribution in [0.25, 0.3) is 0 Å². The van der Waals surface area contributed by atoms with Gasteiger partial charge in [0.05, 0.1) is 19.2 Å². The summed E-state index contributed by atoms with van der Waals surface area (Å²) in [6.45, 7) is 3.08. The molecule has 19 heavy (non-hydrogen) atoms. The lowest BCUT2D eigenvalue weighted by molar-refractivity contribution is -0.135. The zero-order valence-electron chi connectivity index (χ0n) is 11.4. The molecule has 0 unspecified atom stereocenters. The number of likely N-dealkylation sites (tertiary alicyclic amines) is 1. The van der Waals surface area contributed by atoms with Gasteiger partial charge in [-0.1, -0.05) is 0 Å². The van der Waals surface area contributed by atoms with Crippen LogP contribution in [-0.4, -0.2) is 67.9 Å². The molecule has 6 nitrogen and oxygen atoms in total. The number of ether oxygens (including phenoxy) is 1. The fourth-order valence-electron chi connectivity index (χ4n) is 2.00. The Labute approximate surface area is 113 Å². The van der Waals surface area contributed by atoms with Crippen LogP contribution < -0.4 is 0 Å². The van der Waals surface area contributed by atoms with E-state index >= 15 is 0 Å². The number of Topliss-reactive ketones (excluding diaryl/α,β-unsaturated/α-hetero) is 1. The van der Waals surface area contributed by atoms with Gasteiger partial charge in [-0.3, -0.25) is 14.5 Å². The number of hydrogen-bond donors (Lipinski definition) is 0. The maximum atomic E-state index is 12.1. The van der Waals surface area contributed by atoms with Gasteiger partial charge < -0.3 is 9.64 Å². The zero-order chi connectivity index (χ0) is 14.1. The van der Waals surface area contributed by atoms with E-state index in [4.69, 9.17) is 10.00 Å². The molecule has 0 N–H and O–H groups in total. The molecule has 106 valence electrons. The summed E-state index contributed by atoms with van der Waals surface area (Å²) in [7, 11) is 1.61. The predicted octanol–water partition coefficient (Wildman–Crippen LogP) is 0.0400. The Morgan fingerprint density at radius 2 is 2.11 bits per heavy atom. The van der Waals surface area contributed by atoms with Crippen LogP contribution in [0.15, 0.2) is 0 Å². The summed E-state index contributed by atoms with van der Waals surface area (Å²) in [5.41, 5.74) is 0. The molecule has 0 spiro atoms. The Balaban J connectivity index is 2.40. The molecule has 0 aromatic rings. The van der Waals surface area contributed by atoms with Gasteiger partial charge in [-0.2, -0.15) is 5.26 Å². The van der Waals surface area contributed by atoms with Gasteiger partial charge in [-0.25, -0.2) is 0 Å². The molecule has 1 amide bonds. The third-order valence-corrected chi connectivity index (χ3v) is 3.18. The summed E-state index contributed by atoms with van der Waals surface area (Å²) < 4.78 is 5.00. The summed E-state index contributed by atoms with van der Waals surface area (Å²) in [4.78, 5) is 26.9. The third-order valence-electron chi connectivity index (χ3n) is 3.18. The molecule has 1 saturated heterocycles. The topological polar surface area (TPSA) is 73.6 Å². The highest BCUT2D eigenvalue weighted by Gasteiger charge is 2.22. The van der Waals surface area contributed by atoms with Crippen molar-refractivity contribution >= 4 is 11.7 Å². The maximum absolute atomic E-state index is 12.1. The summed E-state index contributed by atoms with van der Waals surface area (Å²) in [6, 6.07) is 2.08. The van der Waals surface area contributed by atoms with Crippen molar-refractivity contribution in [3.8, 4) is 6.07 Å². The number of carbonyl (C=O) groups excluding carboxylic acids is 2. The van der Waals surface area contributed by atoms with E-state index in [-0.39, 0.29) is 11.7 Å². The maximum Gasteiger partial charge on any atom is 0.236 e. The molecule has 1 aliphatic heterocycles. The number of ketones is 1. The molecule has 1 rings (SSSR count). The number of methoxy groups -OCH3 is 1. The number of nitrogens with zero attached hydrogens (tertiary/aromatic N) is 3. The highest BCUT2D eigenvalue weighted by molar-refractivity contribution is 5.84. The average molecular weight is 267 g/mol. The Morgan fingerprint density at radius 3 is 2.68 bits per heavy atom. The lowest BCUT2D eigenvalue weighted by Gasteiger charge is -2.29. The van der Waals surface area contributed by atoms with Crippen molar-refractivity contribution in [2.24, 2.45) is 0 Å². The Bertz CT molecular complexity index is 342. The Morgan fingerprint density at radius 1 is 1.42 bits per heavy atom. The minimum atomic E-state index is 0.0292. The highest BCUT2D eigenvalue weighted by Crippen LogP contribution is 2.06.